The predicted molar refractivity (Wildman–Crippen MR) is 75.7 cm³/mol. The standard InChI is InChI=1S/C16H25NO/c1-12-7-14(3)15(8-13(12)2)9-17-10-16(11-18)5-4-6-16/h7-8,17-18H,4-6,9-11H2,1-3H3. The number of aryl methyl sites for hydroxylation is 3. The van der Waals surface area contributed by atoms with Gasteiger partial charge in [0.05, 0.1) is 0 Å². The molecule has 1 aliphatic carbocycles. The highest BCUT2D eigenvalue weighted by Gasteiger charge is 2.35. The van der Waals surface area contributed by atoms with Gasteiger partial charge in [-0.3, -0.25) is 0 Å². The molecule has 2 rings (SSSR count). The maximum atomic E-state index is 9.43. The third-order valence-electron chi connectivity index (χ3n) is 4.52. The van der Waals surface area contributed by atoms with Crippen LogP contribution in [-0.2, 0) is 6.54 Å². The van der Waals surface area contributed by atoms with Crippen LogP contribution in [-0.4, -0.2) is 18.3 Å². The topological polar surface area (TPSA) is 32.3 Å². The first kappa shape index (κ1) is 13.6. The van der Waals surface area contributed by atoms with Crippen molar-refractivity contribution in [3.05, 3.63) is 34.4 Å². The second kappa shape index (κ2) is 5.41. The molecule has 0 spiro atoms. The van der Waals surface area contributed by atoms with Gasteiger partial charge >= 0.3 is 0 Å². The maximum absolute atomic E-state index is 9.43. The molecule has 0 unspecified atom stereocenters. The van der Waals surface area contributed by atoms with Crippen molar-refractivity contribution in [1.29, 1.82) is 0 Å². The number of rotatable bonds is 5. The summed E-state index contributed by atoms with van der Waals surface area (Å²) in [6.45, 7) is 8.68. The molecule has 0 aromatic heterocycles. The largest absolute Gasteiger partial charge is 0.396 e. The fourth-order valence-corrected chi connectivity index (χ4v) is 2.74. The van der Waals surface area contributed by atoms with Crippen molar-refractivity contribution in [1.82, 2.24) is 5.32 Å². The van der Waals surface area contributed by atoms with Crippen molar-refractivity contribution in [3.63, 3.8) is 0 Å². The highest BCUT2D eigenvalue weighted by molar-refractivity contribution is 5.36. The van der Waals surface area contributed by atoms with Gasteiger partial charge in [-0.1, -0.05) is 18.6 Å². The van der Waals surface area contributed by atoms with E-state index in [1.807, 2.05) is 0 Å². The van der Waals surface area contributed by atoms with Crippen LogP contribution in [0.15, 0.2) is 12.1 Å². The molecule has 1 aliphatic rings. The van der Waals surface area contributed by atoms with Crippen LogP contribution in [0.1, 0.15) is 41.5 Å². The van der Waals surface area contributed by atoms with Crippen LogP contribution in [0.3, 0.4) is 0 Å². The maximum Gasteiger partial charge on any atom is 0.0499 e. The highest BCUT2D eigenvalue weighted by atomic mass is 16.3. The van der Waals surface area contributed by atoms with Crippen LogP contribution >= 0.6 is 0 Å². The number of hydrogen-bond acceptors (Lipinski definition) is 2. The summed E-state index contributed by atoms with van der Waals surface area (Å²) in [7, 11) is 0. The molecule has 2 N–H and O–H groups in total. The summed E-state index contributed by atoms with van der Waals surface area (Å²) in [5.74, 6) is 0. The normalized spacial score (nSPS) is 17.6. The van der Waals surface area contributed by atoms with Gasteiger partial charge in [0.25, 0.3) is 0 Å². The second-order valence-electron chi connectivity index (χ2n) is 5.98. The van der Waals surface area contributed by atoms with Gasteiger partial charge in [-0.05, 0) is 55.9 Å². The Morgan fingerprint density at radius 1 is 1.11 bits per heavy atom. The van der Waals surface area contributed by atoms with Crippen LogP contribution in [0.25, 0.3) is 0 Å². The van der Waals surface area contributed by atoms with Gasteiger partial charge in [-0.25, -0.2) is 0 Å². The molecular formula is C16H25NO. The molecule has 0 heterocycles. The quantitative estimate of drug-likeness (QED) is 0.838. The minimum Gasteiger partial charge on any atom is -0.396 e. The monoisotopic (exact) mass is 247 g/mol. The van der Waals surface area contributed by atoms with E-state index in [0.717, 1.165) is 13.1 Å². The van der Waals surface area contributed by atoms with Gasteiger partial charge in [0.15, 0.2) is 0 Å². The summed E-state index contributed by atoms with van der Waals surface area (Å²) in [5.41, 5.74) is 5.64. The summed E-state index contributed by atoms with van der Waals surface area (Å²) in [6, 6.07) is 4.54. The van der Waals surface area contributed by atoms with Crippen molar-refractivity contribution < 1.29 is 5.11 Å². The van der Waals surface area contributed by atoms with E-state index < -0.39 is 0 Å². The third kappa shape index (κ3) is 2.76. The van der Waals surface area contributed by atoms with E-state index >= 15 is 0 Å². The molecule has 1 aromatic carbocycles. The SMILES string of the molecule is Cc1cc(C)c(CNCC2(CO)CCC2)cc1C. The Kier molecular flexibility index (Phi) is 4.08. The first-order valence-electron chi connectivity index (χ1n) is 6.95. The lowest BCUT2D eigenvalue weighted by molar-refractivity contribution is 0.0445. The van der Waals surface area contributed by atoms with Gasteiger partial charge in [-0.15, -0.1) is 0 Å². The molecule has 1 aromatic rings. The first-order chi connectivity index (χ1) is 8.56. The van der Waals surface area contributed by atoms with Crippen molar-refractivity contribution in [3.8, 4) is 0 Å². The van der Waals surface area contributed by atoms with E-state index in [1.54, 1.807) is 0 Å². The summed E-state index contributed by atoms with van der Waals surface area (Å²) < 4.78 is 0. The van der Waals surface area contributed by atoms with Crippen LogP contribution in [0.2, 0.25) is 0 Å². The zero-order valence-electron chi connectivity index (χ0n) is 11.8. The van der Waals surface area contributed by atoms with E-state index in [9.17, 15) is 5.11 Å². The van der Waals surface area contributed by atoms with Crippen LogP contribution in [0, 0.1) is 26.2 Å². The molecule has 100 valence electrons. The van der Waals surface area contributed by atoms with Gasteiger partial charge in [0.1, 0.15) is 0 Å². The van der Waals surface area contributed by atoms with Crippen molar-refractivity contribution in [2.75, 3.05) is 13.2 Å². The Labute approximate surface area is 110 Å². The van der Waals surface area contributed by atoms with Crippen molar-refractivity contribution in [2.24, 2.45) is 5.41 Å². The fourth-order valence-electron chi connectivity index (χ4n) is 2.74. The molecule has 0 amide bonds. The summed E-state index contributed by atoms with van der Waals surface area (Å²) >= 11 is 0. The fraction of sp³-hybridized carbons (Fsp3) is 0.625. The number of nitrogens with one attached hydrogen (secondary N) is 1. The van der Waals surface area contributed by atoms with Gasteiger partial charge < -0.3 is 10.4 Å². The molecule has 2 heteroatoms. The van der Waals surface area contributed by atoms with E-state index in [2.05, 4.69) is 38.2 Å². The average molecular weight is 247 g/mol. The van der Waals surface area contributed by atoms with Crippen molar-refractivity contribution >= 4 is 0 Å². The Balaban J connectivity index is 1.92. The van der Waals surface area contributed by atoms with E-state index in [4.69, 9.17) is 0 Å². The lowest BCUT2D eigenvalue weighted by Crippen LogP contribution is -2.42. The molecule has 0 atom stereocenters. The summed E-state index contributed by atoms with van der Waals surface area (Å²) in [4.78, 5) is 0. The van der Waals surface area contributed by atoms with Gasteiger partial charge in [0.2, 0.25) is 0 Å². The first-order valence-corrected chi connectivity index (χ1v) is 6.95. The molecule has 1 saturated carbocycles. The van der Waals surface area contributed by atoms with Gasteiger partial charge in [-0.2, -0.15) is 0 Å². The predicted octanol–water partition coefficient (Wildman–Crippen LogP) is 2.86. The summed E-state index contributed by atoms with van der Waals surface area (Å²) in [6.07, 6.45) is 3.61. The Bertz CT molecular complexity index is 416. The Morgan fingerprint density at radius 3 is 2.33 bits per heavy atom. The Morgan fingerprint density at radius 2 is 1.78 bits per heavy atom. The number of benzene rings is 1. The van der Waals surface area contributed by atoms with Crippen LogP contribution in [0.4, 0.5) is 0 Å². The smallest absolute Gasteiger partial charge is 0.0499 e. The number of aliphatic hydroxyl groups excluding tert-OH is 1. The third-order valence-corrected chi connectivity index (χ3v) is 4.52. The number of aliphatic hydroxyl groups is 1. The molecule has 18 heavy (non-hydrogen) atoms. The van der Waals surface area contributed by atoms with Crippen LogP contribution in [0.5, 0.6) is 0 Å². The van der Waals surface area contributed by atoms with Crippen LogP contribution < -0.4 is 5.32 Å². The lowest BCUT2D eigenvalue weighted by Gasteiger charge is -2.40. The van der Waals surface area contributed by atoms with Gasteiger partial charge in [0, 0.05) is 25.1 Å². The molecule has 0 aliphatic heterocycles. The van der Waals surface area contributed by atoms with E-state index in [1.165, 1.54) is 41.5 Å². The molecule has 2 nitrogen and oxygen atoms in total. The zero-order chi connectivity index (χ0) is 13.2. The zero-order valence-corrected chi connectivity index (χ0v) is 11.8. The number of hydrogen-bond donors (Lipinski definition) is 2. The molecular weight excluding hydrogens is 222 g/mol. The minimum absolute atomic E-state index is 0.174. The molecule has 0 saturated heterocycles. The highest BCUT2D eigenvalue weighted by Crippen LogP contribution is 2.39. The second-order valence-corrected chi connectivity index (χ2v) is 5.98. The molecule has 0 radical (unpaired) electrons. The minimum atomic E-state index is 0.174. The average Bonchev–Trinajstić information content (AvgIpc) is 2.29. The molecule has 0 bridgehead atoms. The van der Waals surface area contributed by atoms with E-state index in [0.29, 0.717) is 6.61 Å². The molecule has 1 fully saturated rings. The Hall–Kier alpha value is -0.860. The lowest BCUT2D eigenvalue weighted by atomic mass is 9.69. The summed E-state index contributed by atoms with van der Waals surface area (Å²) in [5, 5.41) is 13.0. The van der Waals surface area contributed by atoms with Crippen molar-refractivity contribution in [2.45, 2.75) is 46.6 Å². The van der Waals surface area contributed by atoms with E-state index in [-0.39, 0.29) is 5.41 Å².